The van der Waals surface area contributed by atoms with Gasteiger partial charge in [0.1, 0.15) is 5.82 Å². The van der Waals surface area contributed by atoms with E-state index >= 15 is 0 Å². The van der Waals surface area contributed by atoms with Crippen molar-refractivity contribution in [3.8, 4) is 0 Å². The van der Waals surface area contributed by atoms with E-state index in [0.717, 1.165) is 0 Å². The SMILES string of the molecule is Nc1ccc(Nc2cccc(F)c2)c(C(=O)O)c1. The van der Waals surface area contributed by atoms with E-state index in [1.807, 2.05) is 0 Å². The summed E-state index contributed by atoms with van der Waals surface area (Å²) in [5.74, 6) is -1.49. The third-order valence-electron chi connectivity index (χ3n) is 2.38. The van der Waals surface area contributed by atoms with Crippen molar-refractivity contribution in [2.24, 2.45) is 0 Å². The van der Waals surface area contributed by atoms with Crippen LogP contribution in [0.4, 0.5) is 21.5 Å². The Bertz CT molecular complexity index is 599. The highest BCUT2D eigenvalue weighted by molar-refractivity contribution is 5.96. The van der Waals surface area contributed by atoms with Crippen LogP contribution in [0.25, 0.3) is 0 Å². The smallest absolute Gasteiger partial charge is 0.337 e. The number of carboxylic acid groups (broad SMARTS) is 1. The number of hydrogen-bond acceptors (Lipinski definition) is 3. The molecule has 2 rings (SSSR count). The van der Waals surface area contributed by atoms with Gasteiger partial charge in [0.2, 0.25) is 0 Å². The first-order valence-electron chi connectivity index (χ1n) is 5.21. The lowest BCUT2D eigenvalue weighted by molar-refractivity contribution is 0.0698. The predicted octanol–water partition coefficient (Wildman–Crippen LogP) is 2.85. The van der Waals surface area contributed by atoms with Gasteiger partial charge >= 0.3 is 5.97 Å². The van der Waals surface area contributed by atoms with E-state index in [-0.39, 0.29) is 5.56 Å². The van der Waals surface area contributed by atoms with E-state index in [0.29, 0.717) is 17.1 Å². The second-order valence-electron chi connectivity index (χ2n) is 3.75. The van der Waals surface area contributed by atoms with Crippen LogP contribution in [-0.4, -0.2) is 11.1 Å². The van der Waals surface area contributed by atoms with Crippen LogP contribution in [0.3, 0.4) is 0 Å². The van der Waals surface area contributed by atoms with E-state index in [9.17, 15) is 9.18 Å². The molecule has 0 atom stereocenters. The van der Waals surface area contributed by atoms with E-state index in [4.69, 9.17) is 10.8 Å². The predicted molar refractivity (Wildman–Crippen MR) is 67.5 cm³/mol. The van der Waals surface area contributed by atoms with Gasteiger partial charge in [-0.3, -0.25) is 0 Å². The molecule has 0 heterocycles. The summed E-state index contributed by atoms with van der Waals surface area (Å²) >= 11 is 0. The number of halogens is 1. The summed E-state index contributed by atoms with van der Waals surface area (Å²) in [5, 5.41) is 11.9. The standard InChI is InChI=1S/C13H11FN2O2/c14-8-2-1-3-10(6-8)16-12-5-4-9(15)7-11(12)13(17)18/h1-7,16H,15H2,(H,17,18). The topological polar surface area (TPSA) is 75.3 Å². The van der Waals surface area contributed by atoms with E-state index in [1.165, 1.54) is 24.3 Å². The molecule has 0 aliphatic carbocycles. The fraction of sp³-hybridized carbons (Fsp3) is 0. The van der Waals surface area contributed by atoms with Crippen LogP contribution in [0.5, 0.6) is 0 Å². The zero-order valence-electron chi connectivity index (χ0n) is 9.35. The second-order valence-corrected chi connectivity index (χ2v) is 3.75. The van der Waals surface area contributed by atoms with Crippen LogP contribution in [0.2, 0.25) is 0 Å². The molecule has 4 nitrogen and oxygen atoms in total. The maximum atomic E-state index is 13.0. The monoisotopic (exact) mass is 246 g/mol. The second kappa shape index (κ2) is 4.75. The number of anilines is 3. The molecule has 5 heteroatoms. The quantitative estimate of drug-likeness (QED) is 0.728. The Hall–Kier alpha value is -2.56. The number of nitrogen functional groups attached to an aromatic ring is 1. The van der Waals surface area contributed by atoms with Crippen molar-refractivity contribution in [2.45, 2.75) is 0 Å². The molecular formula is C13H11FN2O2. The Balaban J connectivity index is 2.37. The highest BCUT2D eigenvalue weighted by atomic mass is 19.1. The summed E-state index contributed by atoms with van der Waals surface area (Å²) in [4.78, 5) is 11.1. The van der Waals surface area contributed by atoms with Gasteiger partial charge in [-0.15, -0.1) is 0 Å². The van der Waals surface area contributed by atoms with E-state index in [1.54, 1.807) is 18.2 Å². The number of rotatable bonds is 3. The van der Waals surface area contributed by atoms with Gasteiger partial charge in [-0.05, 0) is 36.4 Å². The summed E-state index contributed by atoms with van der Waals surface area (Å²) in [6.45, 7) is 0. The molecule has 0 bridgehead atoms. The van der Waals surface area contributed by atoms with Gasteiger partial charge in [-0.25, -0.2) is 9.18 Å². The molecular weight excluding hydrogens is 235 g/mol. The average molecular weight is 246 g/mol. The average Bonchev–Trinajstić information content (AvgIpc) is 2.31. The molecule has 0 amide bonds. The summed E-state index contributed by atoms with van der Waals surface area (Å²) in [6.07, 6.45) is 0. The van der Waals surface area contributed by atoms with Crippen molar-refractivity contribution in [2.75, 3.05) is 11.1 Å². The van der Waals surface area contributed by atoms with Crippen LogP contribution in [-0.2, 0) is 0 Å². The number of nitrogens with one attached hydrogen (secondary N) is 1. The van der Waals surface area contributed by atoms with Crippen LogP contribution < -0.4 is 11.1 Å². The molecule has 0 aliphatic rings. The first-order chi connectivity index (χ1) is 8.56. The van der Waals surface area contributed by atoms with Gasteiger partial charge in [0, 0.05) is 11.4 Å². The molecule has 18 heavy (non-hydrogen) atoms. The first kappa shape index (κ1) is 11.9. The third-order valence-corrected chi connectivity index (χ3v) is 2.38. The minimum absolute atomic E-state index is 0.0410. The zero-order valence-corrected chi connectivity index (χ0v) is 9.35. The van der Waals surface area contributed by atoms with Crippen LogP contribution in [0.15, 0.2) is 42.5 Å². The Morgan fingerprint density at radius 1 is 1.22 bits per heavy atom. The van der Waals surface area contributed by atoms with Gasteiger partial charge < -0.3 is 16.2 Å². The Morgan fingerprint density at radius 2 is 2.00 bits per heavy atom. The molecule has 0 aliphatic heterocycles. The van der Waals surface area contributed by atoms with Crippen molar-refractivity contribution in [1.29, 1.82) is 0 Å². The Morgan fingerprint density at radius 3 is 2.67 bits per heavy atom. The molecule has 4 N–H and O–H groups in total. The van der Waals surface area contributed by atoms with Gasteiger partial charge in [-0.2, -0.15) is 0 Å². The molecule has 92 valence electrons. The largest absolute Gasteiger partial charge is 0.478 e. The number of carbonyl (C=O) groups is 1. The lowest BCUT2D eigenvalue weighted by Crippen LogP contribution is -2.04. The molecule has 2 aromatic carbocycles. The number of carboxylic acids is 1. The number of aromatic carboxylic acids is 1. The molecule has 0 spiro atoms. The van der Waals surface area contributed by atoms with Crippen molar-refractivity contribution in [1.82, 2.24) is 0 Å². The number of benzene rings is 2. The fourth-order valence-electron chi connectivity index (χ4n) is 1.57. The minimum Gasteiger partial charge on any atom is -0.478 e. The maximum Gasteiger partial charge on any atom is 0.337 e. The number of nitrogens with two attached hydrogens (primary N) is 1. The van der Waals surface area contributed by atoms with Crippen molar-refractivity contribution < 1.29 is 14.3 Å². The Kier molecular flexibility index (Phi) is 3.14. The molecule has 0 saturated heterocycles. The summed E-state index contributed by atoms with van der Waals surface area (Å²) < 4.78 is 13.0. The van der Waals surface area contributed by atoms with Gasteiger partial charge in [0.25, 0.3) is 0 Å². The first-order valence-corrected chi connectivity index (χ1v) is 5.21. The highest BCUT2D eigenvalue weighted by Gasteiger charge is 2.10. The van der Waals surface area contributed by atoms with Gasteiger partial charge in [0.05, 0.1) is 11.3 Å². The molecule has 0 fully saturated rings. The lowest BCUT2D eigenvalue weighted by atomic mass is 10.1. The molecule has 0 radical (unpaired) electrons. The normalized spacial score (nSPS) is 10.1. The molecule has 0 unspecified atom stereocenters. The van der Waals surface area contributed by atoms with Crippen LogP contribution >= 0.6 is 0 Å². The molecule has 0 aromatic heterocycles. The summed E-state index contributed by atoms with van der Waals surface area (Å²) in [6, 6.07) is 10.2. The minimum atomic E-state index is -1.10. The van der Waals surface area contributed by atoms with E-state index in [2.05, 4.69) is 5.32 Å². The zero-order chi connectivity index (χ0) is 13.1. The molecule has 0 saturated carbocycles. The third kappa shape index (κ3) is 2.57. The van der Waals surface area contributed by atoms with Gasteiger partial charge in [-0.1, -0.05) is 6.07 Å². The van der Waals surface area contributed by atoms with Crippen molar-refractivity contribution >= 4 is 23.0 Å². The van der Waals surface area contributed by atoms with Crippen molar-refractivity contribution in [3.05, 3.63) is 53.8 Å². The maximum absolute atomic E-state index is 13.0. The molecule has 2 aromatic rings. The summed E-state index contributed by atoms with van der Waals surface area (Å²) in [7, 11) is 0. The van der Waals surface area contributed by atoms with Gasteiger partial charge in [0.15, 0.2) is 0 Å². The van der Waals surface area contributed by atoms with Crippen LogP contribution in [0, 0.1) is 5.82 Å². The van der Waals surface area contributed by atoms with E-state index < -0.39 is 11.8 Å². The summed E-state index contributed by atoms with van der Waals surface area (Å²) in [5.41, 5.74) is 6.77. The van der Waals surface area contributed by atoms with Crippen molar-refractivity contribution in [3.63, 3.8) is 0 Å². The lowest BCUT2D eigenvalue weighted by Gasteiger charge is -2.10. The Labute approximate surface area is 103 Å². The van der Waals surface area contributed by atoms with Crippen LogP contribution in [0.1, 0.15) is 10.4 Å². The fourth-order valence-corrected chi connectivity index (χ4v) is 1.57. The number of hydrogen-bond donors (Lipinski definition) is 3. The highest BCUT2D eigenvalue weighted by Crippen LogP contribution is 2.23.